The van der Waals surface area contributed by atoms with Crippen LogP contribution in [0.1, 0.15) is 34.6 Å². The van der Waals surface area contributed by atoms with E-state index >= 15 is 0 Å². The van der Waals surface area contributed by atoms with Crippen LogP contribution in [0.15, 0.2) is 61.3 Å². The van der Waals surface area contributed by atoms with Crippen LogP contribution >= 0.6 is 0 Å². The maximum absolute atomic E-state index is 3.69. The van der Waals surface area contributed by atoms with Crippen molar-refractivity contribution in [2.45, 2.75) is 34.6 Å². The fourth-order valence-corrected chi connectivity index (χ4v) is 0.781. The predicted octanol–water partition coefficient (Wildman–Crippen LogP) is 5.47. The average molecular weight is 206 g/mol. The Morgan fingerprint density at radius 2 is 1.07 bits per heavy atom. The van der Waals surface area contributed by atoms with Crippen molar-refractivity contribution in [2.24, 2.45) is 0 Å². The second kappa shape index (κ2) is 18.5. The fourth-order valence-electron chi connectivity index (χ4n) is 0.781. The van der Waals surface area contributed by atoms with Gasteiger partial charge in [0.2, 0.25) is 0 Å². The first-order chi connectivity index (χ1) is 7.29. The Hall–Kier alpha value is -1.30. The third kappa shape index (κ3) is 10.6. The lowest BCUT2D eigenvalue weighted by Crippen LogP contribution is -1.77. The molecule has 0 aliphatic carbocycles. The monoisotopic (exact) mass is 206 g/mol. The summed E-state index contributed by atoms with van der Waals surface area (Å²) in [4.78, 5) is 0. The fraction of sp³-hybridized carbons (Fsp3) is 0.333. The summed E-state index contributed by atoms with van der Waals surface area (Å²) in [5.74, 6) is 0. The molecule has 0 aliphatic heterocycles. The molecule has 0 saturated heterocycles. The van der Waals surface area contributed by atoms with Gasteiger partial charge in [0.25, 0.3) is 0 Å². The summed E-state index contributed by atoms with van der Waals surface area (Å²) in [6, 6.07) is 0. The van der Waals surface area contributed by atoms with Crippen molar-refractivity contribution >= 4 is 0 Å². The molecule has 0 atom stereocenters. The Bertz CT molecular complexity index is 204. The molecule has 0 heteroatoms. The minimum absolute atomic E-state index is 1.01. The maximum Gasteiger partial charge on any atom is -0.0194 e. The van der Waals surface area contributed by atoms with Gasteiger partial charge in [-0.1, -0.05) is 77.8 Å². The van der Waals surface area contributed by atoms with Gasteiger partial charge >= 0.3 is 0 Å². The van der Waals surface area contributed by atoms with Crippen molar-refractivity contribution < 1.29 is 0 Å². The van der Waals surface area contributed by atoms with E-state index in [0.29, 0.717) is 0 Å². The molecule has 15 heavy (non-hydrogen) atoms. The number of rotatable bonds is 4. The standard InChI is InChI=1S/C11H14.2C2H6/c1-5-9-11(8-4)10(6-2)7-3;2*1-2/h5-9H,2-4H2,1H3;2*1-2H3/b9-5-;;. The predicted molar refractivity (Wildman–Crippen MR) is 75.1 cm³/mol. The van der Waals surface area contributed by atoms with Crippen LogP contribution in [0.4, 0.5) is 0 Å². The third-order valence-corrected chi connectivity index (χ3v) is 1.34. The summed E-state index contributed by atoms with van der Waals surface area (Å²) in [6.45, 7) is 21.0. The van der Waals surface area contributed by atoms with E-state index in [1.165, 1.54) is 0 Å². The van der Waals surface area contributed by atoms with Crippen LogP contribution in [-0.2, 0) is 0 Å². The molecule has 0 heterocycles. The molecular formula is C15H26. The topological polar surface area (TPSA) is 0 Å². The Morgan fingerprint density at radius 3 is 1.27 bits per heavy atom. The molecular weight excluding hydrogens is 180 g/mol. The molecule has 0 aromatic heterocycles. The highest BCUT2D eigenvalue weighted by Gasteiger charge is 1.89. The van der Waals surface area contributed by atoms with Crippen LogP contribution in [-0.4, -0.2) is 0 Å². The van der Waals surface area contributed by atoms with Crippen LogP contribution in [0, 0.1) is 0 Å². The van der Waals surface area contributed by atoms with E-state index in [1.807, 2.05) is 46.8 Å². The van der Waals surface area contributed by atoms with Crippen molar-refractivity contribution in [3.63, 3.8) is 0 Å². The first-order valence-corrected chi connectivity index (χ1v) is 5.54. The van der Waals surface area contributed by atoms with Gasteiger partial charge in [-0.25, -0.2) is 0 Å². The van der Waals surface area contributed by atoms with Gasteiger partial charge < -0.3 is 0 Å². The minimum Gasteiger partial charge on any atom is -0.0984 e. The quantitative estimate of drug-likeness (QED) is 0.535. The van der Waals surface area contributed by atoms with Gasteiger partial charge in [0.1, 0.15) is 0 Å². The van der Waals surface area contributed by atoms with Crippen molar-refractivity contribution in [1.82, 2.24) is 0 Å². The second-order valence-corrected chi connectivity index (χ2v) is 2.02. The summed E-state index contributed by atoms with van der Waals surface area (Å²) in [7, 11) is 0. The molecule has 0 aliphatic rings. The summed E-state index contributed by atoms with van der Waals surface area (Å²) in [6.07, 6.45) is 9.27. The molecule has 0 spiro atoms. The molecule has 0 aromatic carbocycles. The summed E-state index contributed by atoms with van der Waals surface area (Å²) in [5.41, 5.74) is 2.07. The molecule has 0 unspecified atom stereocenters. The largest absolute Gasteiger partial charge is 0.0984 e. The highest BCUT2D eigenvalue weighted by atomic mass is 13.9. The van der Waals surface area contributed by atoms with Gasteiger partial charge in [-0.3, -0.25) is 0 Å². The molecule has 0 bridgehead atoms. The number of hydrogen-bond donors (Lipinski definition) is 0. The molecule has 0 nitrogen and oxygen atoms in total. The summed E-state index contributed by atoms with van der Waals surface area (Å²) >= 11 is 0. The minimum atomic E-state index is 1.01. The lowest BCUT2D eigenvalue weighted by molar-refractivity contribution is 1.50. The number of hydrogen-bond acceptors (Lipinski definition) is 0. The first-order valence-electron chi connectivity index (χ1n) is 5.54. The van der Waals surface area contributed by atoms with E-state index in [9.17, 15) is 0 Å². The molecule has 0 rings (SSSR count). The van der Waals surface area contributed by atoms with Crippen molar-refractivity contribution in [3.8, 4) is 0 Å². The molecule has 86 valence electrons. The van der Waals surface area contributed by atoms with Crippen molar-refractivity contribution in [3.05, 3.63) is 61.3 Å². The second-order valence-electron chi connectivity index (χ2n) is 2.02. The van der Waals surface area contributed by atoms with Gasteiger partial charge in [0.05, 0.1) is 0 Å². The lowest BCUT2D eigenvalue weighted by Gasteiger charge is -1.97. The van der Waals surface area contributed by atoms with E-state index in [2.05, 4.69) is 19.7 Å². The lowest BCUT2D eigenvalue weighted by atomic mass is 10.1. The normalized spacial score (nSPS) is 7.53. The molecule has 0 aromatic rings. The van der Waals surface area contributed by atoms with E-state index in [4.69, 9.17) is 0 Å². The van der Waals surface area contributed by atoms with Crippen LogP contribution < -0.4 is 0 Å². The number of allylic oxidation sites excluding steroid dienone is 7. The van der Waals surface area contributed by atoms with Crippen LogP contribution in [0.3, 0.4) is 0 Å². The van der Waals surface area contributed by atoms with E-state index < -0.39 is 0 Å². The smallest absolute Gasteiger partial charge is 0.0194 e. The van der Waals surface area contributed by atoms with Gasteiger partial charge in [-0.05, 0) is 18.1 Å². The van der Waals surface area contributed by atoms with E-state index in [-0.39, 0.29) is 0 Å². The highest BCUT2D eigenvalue weighted by molar-refractivity contribution is 5.44. The van der Waals surface area contributed by atoms with Crippen LogP contribution in [0.5, 0.6) is 0 Å². The van der Waals surface area contributed by atoms with Gasteiger partial charge in [-0.15, -0.1) is 0 Å². The average Bonchev–Trinajstić information content (AvgIpc) is 2.34. The van der Waals surface area contributed by atoms with E-state index in [0.717, 1.165) is 11.1 Å². The molecule has 0 fully saturated rings. The van der Waals surface area contributed by atoms with Crippen LogP contribution in [0.25, 0.3) is 0 Å². The molecule has 0 saturated carbocycles. The molecule has 0 amide bonds. The zero-order valence-corrected chi connectivity index (χ0v) is 11.0. The highest BCUT2D eigenvalue weighted by Crippen LogP contribution is 2.09. The summed E-state index contributed by atoms with van der Waals surface area (Å²) in [5, 5.41) is 0. The van der Waals surface area contributed by atoms with Gasteiger partial charge in [0, 0.05) is 0 Å². The van der Waals surface area contributed by atoms with Crippen molar-refractivity contribution in [1.29, 1.82) is 0 Å². The third-order valence-electron chi connectivity index (χ3n) is 1.34. The van der Waals surface area contributed by atoms with Gasteiger partial charge in [0.15, 0.2) is 0 Å². The molecule has 0 radical (unpaired) electrons. The van der Waals surface area contributed by atoms with Gasteiger partial charge in [-0.2, -0.15) is 0 Å². The first kappa shape index (κ1) is 19.3. The zero-order chi connectivity index (χ0) is 12.7. The molecule has 0 N–H and O–H groups in total. The Morgan fingerprint density at radius 1 is 0.733 bits per heavy atom. The van der Waals surface area contributed by atoms with Crippen LogP contribution in [0.2, 0.25) is 0 Å². The Kier molecular flexibility index (Phi) is 23.8. The Balaban J connectivity index is -0.000000318. The maximum atomic E-state index is 3.69. The van der Waals surface area contributed by atoms with Crippen molar-refractivity contribution in [2.75, 3.05) is 0 Å². The zero-order valence-electron chi connectivity index (χ0n) is 11.0. The van der Waals surface area contributed by atoms with E-state index in [1.54, 1.807) is 18.2 Å². The Labute approximate surface area is 96.4 Å². The SMILES string of the molecule is C=CC(C=C)=C(C=C)/C=C\C.CC.CC. The summed E-state index contributed by atoms with van der Waals surface area (Å²) < 4.78 is 0.